The molecule has 1 aromatic carbocycles. The second-order valence-corrected chi connectivity index (χ2v) is 12.1. The molecule has 1 saturated heterocycles. The van der Waals surface area contributed by atoms with Gasteiger partial charge in [-0.05, 0) is 19.1 Å². The van der Waals surface area contributed by atoms with E-state index in [-0.39, 0.29) is 34.6 Å². The van der Waals surface area contributed by atoms with Crippen LogP contribution in [0.25, 0.3) is 11.2 Å². The number of ether oxygens (including phenoxy) is 2. The zero-order valence-corrected chi connectivity index (χ0v) is 21.0. The van der Waals surface area contributed by atoms with Gasteiger partial charge in [0.2, 0.25) is 14.8 Å². The third-order valence-electron chi connectivity index (χ3n) is 5.30. The highest BCUT2D eigenvalue weighted by Gasteiger charge is 2.38. The summed E-state index contributed by atoms with van der Waals surface area (Å²) < 4.78 is 38.4. The molecule has 1 fully saturated rings. The lowest BCUT2D eigenvalue weighted by molar-refractivity contribution is -0.0532. The van der Waals surface area contributed by atoms with Gasteiger partial charge in [0.1, 0.15) is 18.3 Å². The Balaban J connectivity index is 1.47. The van der Waals surface area contributed by atoms with Crippen LogP contribution in [0.2, 0.25) is 0 Å². The number of fused-ring (bicyclic) bond motifs is 1. The topological polar surface area (TPSA) is 152 Å². The molecule has 188 valence electrons. The molecule has 35 heavy (non-hydrogen) atoms. The van der Waals surface area contributed by atoms with Gasteiger partial charge in [0, 0.05) is 31.3 Å². The van der Waals surface area contributed by atoms with Crippen LogP contribution < -0.4 is 5.56 Å². The normalized spacial score (nSPS) is 20.7. The number of aromatic amines is 1. The van der Waals surface area contributed by atoms with Crippen molar-refractivity contribution in [1.29, 1.82) is 0 Å². The van der Waals surface area contributed by atoms with E-state index in [2.05, 4.69) is 19.9 Å². The molecule has 1 aliphatic rings. The van der Waals surface area contributed by atoms with Gasteiger partial charge in [0.15, 0.2) is 11.2 Å². The van der Waals surface area contributed by atoms with Crippen molar-refractivity contribution in [3.05, 3.63) is 46.5 Å². The predicted molar refractivity (Wildman–Crippen MR) is 131 cm³/mol. The Morgan fingerprint density at radius 1 is 1.37 bits per heavy atom. The van der Waals surface area contributed by atoms with Crippen LogP contribution in [0.4, 0.5) is 5.95 Å². The van der Waals surface area contributed by atoms with Crippen molar-refractivity contribution in [1.82, 2.24) is 24.4 Å². The fraction of sp³-hybridized carbons (Fsp3) is 0.429. The molecule has 0 spiro atoms. The van der Waals surface area contributed by atoms with E-state index in [1.54, 1.807) is 47.8 Å². The Hall–Kier alpha value is -2.78. The standard InChI is InChI=1S/C21H26N6O6S2/c1-13-4-6-14(7-5-13)35(30,31)34-12-32-15-8-17(33-16(15)9-28)27-11-22-18-19(27)24-21(25-20(18)29)23-10-26(2)3/h4-7,10-11,15-17,28H,8-9,12H2,1-3H3,(H,24,25,29)/b23-10-/t15?,16-,17-/m1/s1. The lowest BCUT2D eigenvalue weighted by Crippen LogP contribution is -2.27. The van der Waals surface area contributed by atoms with Crippen molar-refractivity contribution >= 4 is 43.1 Å². The highest BCUT2D eigenvalue weighted by Crippen LogP contribution is 2.33. The van der Waals surface area contributed by atoms with Crippen molar-refractivity contribution in [2.75, 3.05) is 26.6 Å². The molecule has 2 N–H and O–H groups in total. The van der Waals surface area contributed by atoms with Crippen LogP contribution >= 0.6 is 10.8 Å². The number of nitrogens with zero attached hydrogens (tertiary/aromatic N) is 5. The minimum absolute atomic E-state index is 0.111. The van der Waals surface area contributed by atoms with E-state index in [0.717, 1.165) is 5.56 Å². The van der Waals surface area contributed by atoms with Crippen LogP contribution in [0.1, 0.15) is 18.2 Å². The van der Waals surface area contributed by atoms with Crippen molar-refractivity contribution in [3.63, 3.8) is 0 Å². The molecule has 0 amide bonds. The van der Waals surface area contributed by atoms with Gasteiger partial charge in [-0.15, -0.1) is 0 Å². The molecule has 14 heteroatoms. The minimum Gasteiger partial charge on any atom is -0.394 e. The summed E-state index contributed by atoms with van der Waals surface area (Å²) in [4.78, 5) is 29.5. The van der Waals surface area contributed by atoms with Gasteiger partial charge in [0.25, 0.3) is 5.56 Å². The summed E-state index contributed by atoms with van der Waals surface area (Å²) in [6.45, 7) is 1.56. The maximum Gasteiger partial charge on any atom is 0.280 e. The van der Waals surface area contributed by atoms with Crippen molar-refractivity contribution < 1.29 is 23.0 Å². The Kier molecular flexibility index (Phi) is 7.56. The van der Waals surface area contributed by atoms with Crippen LogP contribution in [0.5, 0.6) is 0 Å². The number of aliphatic hydroxyl groups is 1. The number of hydrogen-bond acceptors (Lipinski definition) is 10. The predicted octanol–water partition coefficient (Wildman–Crippen LogP) is 1.39. The maximum absolute atomic E-state index is 12.6. The van der Waals surface area contributed by atoms with Crippen LogP contribution in [0, 0.1) is 6.92 Å². The number of aliphatic hydroxyl groups excluding tert-OH is 1. The number of aromatic nitrogens is 4. The van der Waals surface area contributed by atoms with Gasteiger partial charge in [-0.3, -0.25) is 14.3 Å². The molecular weight excluding hydrogens is 496 g/mol. The number of aryl methyl sites for hydroxylation is 1. The van der Waals surface area contributed by atoms with Crippen molar-refractivity contribution in [3.8, 4) is 0 Å². The van der Waals surface area contributed by atoms with Gasteiger partial charge in [-0.1, -0.05) is 17.7 Å². The zero-order valence-electron chi connectivity index (χ0n) is 19.4. The third kappa shape index (κ3) is 5.73. The number of hydrogen-bond donors (Lipinski definition) is 2. The van der Waals surface area contributed by atoms with Crippen LogP contribution in [0.3, 0.4) is 0 Å². The van der Waals surface area contributed by atoms with Gasteiger partial charge >= 0.3 is 0 Å². The molecular formula is C21H26N6O6S2. The van der Waals surface area contributed by atoms with E-state index in [4.69, 9.17) is 9.47 Å². The fourth-order valence-electron chi connectivity index (χ4n) is 3.52. The lowest BCUT2D eigenvalue weighted by atomic mass is 10.2. The molecule has 1 aliphatic heterocycles. The first kappa shape index (κ1) is 25.3. The van der Waals surface area contributed by atoms with Crippen LogP contribution in [-0.4, -0.2) is 83.1 Å². The van der Waals surface area contributed by atoms with E-state index < -0.39 is 32.9 Å². The Morgan fingerprint density at radius 3 is 2.80 bits per heavy atom. The molecule has 0 saturated carbocycles. The Labute approximate surface area is 205 Å². The SMILES string of the molecule is Cc1ccc(S(=O)(=O)SCOC2C[C@H](n3cnc4c(=O)[nH]c(/N=C\N(C)C)nc43)O[C@@H]2CO)cc1. The number of nitrogens with one attached hydrogen (secondary N) is 1. The summed E-state index contributed by atoms with van der Waals surface area (Å²) in [6.07, 6.45) is 1.35. The van der Waals surface area contributed by atoms with E-state index in [1.807, 2.05) is 6.92 Å². The molecule has 12 nitrogen and oxygen atoms in total. The summed E-state index contributed by atoms with van der Waals surface area (Å²) in [5.74, 6) is -0.0282. The number of benzene rings is 1. The molecule has 0 radical (unpaired) electrons. The number of H-pyrrole nitrogens is 1. The van der Waals surface area contributed by atoms with E-state index in [1.165, 1.54) is 12.7 Å². The summed E-state index contributed by atoms with van der Waals surface area (Å²) in [7, 11) is 0.650. The monoisotopic (exact) mass is 522 g/mol. The summed E-state index contributed by atoms with van der Waals surface area (Å²) in [5, 5.41) is 9.79. The Morgan fingerprint density at radius 2 is 2.11 bits per heavy atom. The molecule has 1 unspecified atom stereocenters. The summed E-state index contributed by atoms with van der Waals surface area (Å²) >= 11 is 0. The largest absolute Gasteiger partial charge is 0.394 e. The summed E-state index contributed by atoms with van der Waals surface area (Å²) in [5.41, 5.74) is 0.924. The number of aliphatic imine (C=N–C) groups is 1. The van der Waals surface area contributed by atoms with Gasteiger partial charge in [-0.2, -0.15) is 4.98 Å². The zero-order chi connectivity index (χ0) is 25.2. The quantitative estimate of drug-likeness (QED) is 0.182. The molecule has 3 heterocycles. The van der Waals surface area contributed by atoms with Crippen molar-refractivity contribution in [2.24, 2.45) is 4.99 Å². The second kappa shape index (κ2) is 10.5. The average Bonchev–Trinajstić information content (AvgIpc) is 3.42. The smallest absolute Gasteiger partial charge is 0.280 e. The molecule has 4 rings (SSSR count). The van der Waals surface area contributed by atoms with Crippen molar-refractivity contribution in [2.45, 2.75) is 36.7 Å². The number of imidazole rings is 1. The van der Waals surface area contributed by atoms with E-state index >= 15 is 0 Å². The highest BCUT2D eigenvalue weighted by molar-refractivity contribution is 8.72. The van der Waals surface area contributed by atoms with E-state index in [9.17, 15) is 18.3 Å². The van der Waals surface area contributed by atoms with Gasteiger partial charge in [-0.25, -0.2) is 18.4 Å². The highest BCUT2D eigenvalue weighted by atomic mass is 33.1. The summed E-state index contributed by atoms with van der Waals surface area (Å²) in [6, 6.07) is 6.58. The lowest BCUT2D eigenvalue weighted by Gasteiger charge is -2.16. The molecule has 2 aromatic heterocycles. The van der Waals surface area contributed by atoms with Gasteiger partial charge < -0.3 is 19.5 Å². The molecule has 3 aromatic rings. The first-order valence-electron chi connectivity index (χ1n) is 10.7. The minimum atomic E-state index is -3.59. The molecule has 0 bridgehead atoms. The third-order valence-corrected chi connectivity index (χ3v) is 8.49. The Bertz CT molecular complexity index is 1370. The first-order chi connectivity index (χ1) is 16.7. The average molecular weight is 523 g/mol. The second-order valence-electron chi connectivity index (χ2n) is 8.18. The van der Waals surface area contributed by atoms with Gasteiger partial charge in [0.05, 0.1) is 30.3 Å². The van der Waals surface area contributed by atoms with Crippen LogP contribution in [0.15, 0.2) is 45.3 Å². The number of rotatable bonds is 9. The van der Waals surface area contributed by atoms with E-state index in [0.29, 0.717) is 17.2 Å². The molecule has 3 atom stereocenters. The molecule has 0 aliphatic carbocycles. The first-order valence-corrected chi connectivity index (χ1v) is 13.7. The maximum atomic E-state index is 12.6. The van der Waals surface area contributed by atoms with Crippen LogP contribution in [-0.2, 0) is 18.3 Å². The fourth-order valence-corrected chi connectivity index (χ4v) is 5.77.